The summed E-state index contributed by atoms with van der Waals surface area (Å²) in [4.78, 5) is 0.495. The number of alkyl halides is 1. The normalized spacial score (nSPS) is 18.3. The largest absolute Gasteiger partial charge is 0.490 e. The molecule has 2 unspecified atom stereocenters. The second-order valence-corrected chi connectivity index (χ2v) is 7.48. The van der Waals surface area contributed by atoms with Gasteiger partial charge in [-0.25, -0.2) is 0 Å². The summed E-state index contributed by atoms with van der Waals surface area (Å²) in [5, 5.41) is 0. The first-order chi connectivity index (χ1) is 10.2. The summed E-state index contributed by atoms with van der Waals surface area (Å²) in [6, 6.07) is 6.70. The number of fused-ring (bicyclic) bond motifs is 1. The first-order valence-electron chi connectivity index (χ1n) is 8.64. The van der Waals surface area contributed by atoms with Gasteiger partial charge < -0.3 is 4.74 Å². The van der Waals surface area contributed by atoms with Gasteiger partial charge in [-0.05, 0) is 30.5 Å². The molecule has 2 rings (SSSR count). The van der Waals surface area contributed by atoms with Crippen molar-refractivity contribution in [1.29, 1.82) is 0 Å². The van der Waals surface area contributed by atoms with E-state index in [1.807, 2.05) is 0 Å². The average molecular weight is 353 g/mol. The molecule has 0 aromatic heterocycles. The van der Waals surface area contributed by atoms with Crippen LogP contribution in [-0.4, -0.2) is 6.10 Å². The van der Waals surface area contributed by atoms with Crippen molar-refractivity contribution < 1.29 is 4.74 Å². The zero-order valence-corrected chi connectivity index (χ0v) is 15.1. The molecule has 0 bridgehead atoms. The molecule has 0 radical (unpaired) electrons. The minimum atomic E-state index is 0.340. The number of benzene rings is 1. The predicted octanol–water partition coefficient (Wildman–Crippen LogP) is 6.59. The van der Waals surface area contributed by atoms with E-state index in [0.717, 1.165) is 12.2 Å². The van der Waals surface area contributed by atoms with Gasteiger partial charge in [0.25, 0.3) is 0 Å². The number of rotatable bonds is 9. The Morgan fingerprint density at radius 2 is 1.86 bits per heavy atom. The molecule has 21 heavy (non-hydrogen) atoms. The van der Waals surface area contributed by atoms with Gasteiger partial charge in [0.1, 0.15) is 11.9 Å². The monoisotopic (exact) mass is 352 g/mol. The molecule has 1 aliphatic heterocycles. The summed E-state index contributed by atoms with van der Waals surface area (Å²) in [6.07, 6.45) is 12.3. The minimum absolute atomic E-state index is 0.340. The maximum Gasteiger partial charge on any atom is 0.123 e. The van der Waals surface area contributed by atoms with Gasteiger partial charge in [0, 0.05) is 11.2 Å². The maximum absolute atomic E-state index is 5.77. The van der Waals surface area contributed by atoms with Gasteiger partial charge in [0.15, 0.2) is 0 Å². The van der Waals surface area contributed by atoms with Crippen LogP contribution in [0.4, 0.5) is 0 Å². The van der Waals surface area contributed by atoms with Gasteiger partial charge >= 0.3 is 0 Å². The smallest absolute Gasteiger partial charge is 0.123 e. The average Bonchev–Trinajstić information content (AvgIpc) is 2.85. The Kier molecular flexibility index (Phi) is 7.09. The molecule has 1 nitrogen and oxygen atoms in total. The van der Waals surface area contributed by atoms with Crippen molar-refractivity contribution in [2.24, 2.45) is 0 Å². The van der Waals surface area contributed by atoms with Crippen molar-refractivity contribution in [2.45, 2.75) is 82.6 Å². The lowest BCUT2D eigenvalue weighted by Crippen LogP contribution is -2.05. The van der Waals surface area contributed by atoms with Gasteiger partial charge in [-0.15, -0.1) is 0 Å². The molecule has 1 aromatic carbocycles. The van der Waals surface area contributed by atoms with E-state index in [1.54, 1.807) is 0 Å². The van der Waals surface area contributed by atoms with Crippen LogP contribution in [0.2, 0.25) is 0 Å². The highest BCUT2D eigenvalue weighted by atomic mass is 79.9. The zero-order valence-electron chi connectivity index (χ0n) is 13.5. The second kappa shape index (κ2) is 8.82. The van der Waals surface area contributed by atoms with Crippen molar-refractivity contribution in [3.8, 4) is 5.75 Å². The summed E-state index contributed by atoms with van der Waals surface area (Å²) in [5.74, 6) is 1.09. The molecular formula is C19H29BrO. The van der Waals surface area contributed by atoms with Gasteiger partial charge in [0.2, 0.25) is 0 Å². The molecule has 1 aliphatic rings. The molecule has 2 heteroatoms. The summed E-state index contributed by atoms with van der Waals surface area (Å²) < 4.78 is 5.77. The van der Waals surface area contributed by atoms with Crippen LogP contribution in [0.3, 0.4) is 0 Å². The maximum atomic E-state index is 5.77. The molecule has 0 fully saturated rings. The third kappa shape index (κ3) is 5.32. The Bertz CT molecular complexity index is 430. The fourth-order valence-corrected chi connectivity index (χ4v) is 3.69. The van der Waals surface area contributed by atoms with Crippen LogP contribution in [0.25, 0.3) is 0 Å². The second-order valence-electron chi connectivity index (χ2n) is 6.38. The quantitative estimate of drug-likeness (QED) is 0.360. The molecule has 0 aliphatic carbocycles. The van der Waals surface area contributed by atoms with Crippen LogP contribution in [0.5, 0.6) is 5.75 Å². The summed E-state index contributed by atoms with van der Waals surface area (Å²) in [5.41, 5.74) is 2.79. The summed E-state index contributed by atoms with van der Waals surface area (Å²) in [6.45, 7) is 4.42. The van der Waals surface area contributed by atoms with Crippen LogP contribution >= 0.6 is 15.9 Å². The number of halogens is 1. The number of hydrogen-bond donors (Lipinski definition) is 0. The van der Waals surface area contributed by atoms with Gasteiger partial charge in [0.05, 0.1) is 0 Å². The van der Waals surface area contributed by atoms with Crippen molar-refractivity contribution in [3.63, 3.8) is 0 Å². The van der Waals surface area contributed by atoms with Gasteiger partial charge in [-0.1, -0.05) is 79.9 Å². The van der Waals surface area contributed by atoms with Gasteiger partial charge in [-0.3, -0.25) is 0 Å². The van der Waals surface area contributed by atoms with Crippen molar-refractivity contribution in [3.05, 3.63) is 29.3 Å². The summed E-state index contributed by atoms with van der Waals surface area (Å²) in [7, 11) is 0. The Morgan fingerprint density at radius 3 is 2.62 bits per heavy atom. The van der Waals surface area contributed by atoms with E-state index in [1.165, 1.54) is 62.5 Å². The third-order valence-electron chi connectivity index (χ3n) is 4.34. The Labute approximate surface area is 138 Å². The summed E-state index contributed by atoms with van der Waals surface area (Å²) >= 11 is 3.86. The lowest BCUT2D eigenvalue weighted by atomic mass is 10.0. The van der Waals surface area contributed by atoms with E-state index in [9.17, 15) is 0 Å². The van der Waals surface area contributed by atoms with E-state index >= 15 is 0 Å². The number of unbranched alkanes of at least 4 members (excludes halogenated alkanes) is 6. The van der Waals surface area contributed by atoms with E-state index in [-0.39, 0.29) is 0 Å². The van der Waals surface area contributed by atoms with Crippen molar-refractivity contribution in [2.75, 3.05) is 0 Å². The molecule has 0 N–H and O–H groups in total. The van der Waals surface area contributed by atoms with Crippen molar-refractivity contribution in [1.82, 2.24) is 0 Å². The highest BCUT2D eigenvalue weighted by molar-refractivity contribution is 9.09. The molecule has 2 atom stereocenters. The van der Waals surface area contributed by atoms with Crippen LogP contribution in [0.1, 0.15) is 81.2 Å². The lowest BCUT2D eigenvalue weighted by Gasteiger charge is -2.11. The topological polar surface area (TPSA) is 9.23 Å². The molecule has 1 aromatic rings. The molecule has 1 heterocycles. The highest BCUT2D eigenvalue weighted by Gasteiger charge is 2.20. The molecule has 0 spiro atoms. The third-order valence-corrected chi connectivity index (χ3v) is 5.33. The van der Waals surface area contributed by atoms with E-state index in [2.05, 4.69) is 48.0 Å². The first kappa shape index (κ1) is 16.9. The number of hydrogen-bond acceptors (Lipinski definition) is 1. The SMILES string of the molecule is CCCCCCCCCC(Br)c1ccc2c(c1)CC(C)O2. The molecule has 0 saturated heterocycles. The van der Waals surface area contributed by atoms with E-state index < -0.39 is 0 Å². The number of ether oxygens (including phenoxy) is 1. The van der Waals surface area contributed by atoms with Crippen molar-refractivity contribution >= 4 is 15.9 Å². The van der Waals surface area contributed by atoms with E-state index in [0.29, 0.717) is 10.9 Å². The van der Waals surface area contributed by atoms with Gasteiger partial charge in [-0.2, -0.15) is 0 Å². The molecular weight excluding hydrogens is 324 g/mol. The standard InChI is InChI=1S/C19H29BrO/c1-3-4-5-6-7-8-9-10-18(20)16-11-12-19-17(14-16)13-15(2)21-19/h11-12,14-15,18H,3-10,13H2,1-2H3. The van der Waals surface area contributed by atoms with Crippen LogP contribution < -0.4 is 4.74 Å². The minimum Gasteiger partial charge on any atom is -0.490 e. The van der Waals surface area contributed by atoms with Crippen LogP contribution in [0, 0.1) is 0 Å². The molecule has 0 amide bonds. The zero-order chi connectivity index (χ0) is 15.1. The van der Waals surface area contributed by atoms with Crippen LogP contribution in [-0.2, 0) is 6.42 Å². The molecule has 0 saturated carbocycles. The first-order valence-corrected chi connectivity index (χ1v) is 9.55. The fourth-order valence-electron chi connectivity index (χ4n) is 3.08. The predicted molar refractivity (Wildman–Crippen MR) is 94.5 cm³/mol. The fraction of sp³-hybridized carbons (Fsp3) is 0.684. The lowest BCUT2D eigenvalue weighted by molar-refractivity contribution is 0.254. The Balaban J connectivity index is 1.69. The Hall–Kier alpha value is -0.500. The van der Waals surface area contributed by atoms with Crippen LogP contribution in [0.15, 0.2) is 18.2 Å². The highest BCUT2D eigenvalue weighted by Crippen LogP contribution is 2.35. The van der Waals surface area contributed by atoms with E-state index in [4.69, 9.17) is 4.74 Å². The molecule has 118 valence electrons. The Morgan fingerprint density at radius 1 is 1.14 bits per heavy atom.